The number of carbonyl (C=O) groups excluding carboxylic acids is 2. The number of aliphatic hydroxyl groups excluding tert-OH is 3. The summed E-state index contributed by atoms with van der Waals surface area (Å²) in [5, 5.41) is 25.7. The number of hydrogen-bond acceptors (Lipinski definition) is 6. The highest BCUT2D eigenvalue weighted by Gasteiger charge is 2.35. The second kappa shape index (κ2) is 23.7. The molecular formula is C40H55F4O6P. The molecule has 284 valence electrons. The van der Waals surface area contributed by atoms with Crippen molar-refractivity contribution >= 4 is 21.8 Å². The quantitative estimate of drug-likeness (QED) is 0.0565. The summed E-state index contributed by atoms with van der Waals surface area (Å²) >= 11 is 0. The van der Waals surface area contributed by atoms with Gasteiger partial charge in [-0.25, -0.2) is 17.6 Å². The topological polar surface area (TPSA) is 104 Å². The Morgan fingerprint density at radius 3 is 1.69 bits per heavy atom. The number of ether oxygens (including phenoxy) is 1. The van der Waals surface area contributed by atoms with Crippen molar-refractivity contribution < 1.29 is 47.2 Å². The van der Waals surface area contributed by atoms with E-state index in [1.54, 1.807) is 7.11 Å². The fraction of sp³-hybridized carbons (Fsp3) is 0.550. The van der Waals surface area contributed by atoms with E-state index in [4.69, 9.17) is 14.9 Å². The van der Waals surface area contributed by atoms with Crippen LogP contribution in [0.15, 0.2) is 48.6 Å². The van der Waals surface area contributed by atoms with E-state index in [1.807, 2.05) is 0 Å². The minimum Gasteiger partial charge on any atom is -0.396 e. The summed E-state index contributed by atoms with van der Waals surface area (Å²) in [7, 11) is 4.31. The van der Waals surface area contributed by atoms with Gasteiger partial charge in [-0.2, -0.15) is 0 Å². The summed E-state index contributed by atoms with van der Waals surface area (Å²) < 4.78 is 65.6. The summed E-state index contributed by atoms with van der Waals surface area (Å²) in [4.78, 5) is 19.0. The molecule has 2 aromatic carbocycles. The third-order valence-corrected chi connectivity index (χ3v) is 10.5. The molecule has 0 aliphatic heterocycles. The fourth-order valence-corrected chi connectivity index (χ4v) is 7.52. The number of aldehydes is 2. The van der Waals surface area contributed by atoms with E-state index in [9.17, 15) is 23.5 Å². The molecule has 2 unspecified atom stereocenters. The van der Waals surface area contributed by atoms with E-state index in [0.717, 1.165) is 69.7 Å². The van der Waals surface area contributed by atoms with Crippen LogP contribution < -0.4 is 0 Å². The largest absolute Gasteiger partial charge is 0.396 e. The Balaban J connectivity index is 0.000000645. The molecule has 2 aromatic rings. The zero-order valence-corrected chi connectivity index (χ0v) is 30.9. The highest BCUT2D eigenvalue weighted by Crippen LogP contribution is 2.46. The molecule has 4 rings (SSSR count). The second-order valence-corrected chi connectivity index (χ2v) is 14.2. The van der Waals surface area contributed by atoms with E-state index in [-0.39, 0.29) is 59.5 Å². The summed E-state index contributed by atoms with van der Waals surface area (Å²) in [6.45, 7) is 6.63. The van der Waals surface area contributed by atoms with Gasteiger partial charge in [-0.3, -0.25) is 9.59 Å². The van der Waals surface area contributed by atoms with Crippen LogP contribution in [0.3, 0.4) is 0 Å². The van der Waals surface area contributed by atoms with E-state index in [2.05, 4.69) is 22.4 Å². The van der Waals surface area contributed by atoms with Crippen LogP contribution in [0, 0.1) is 46.9 Å². The molecule has 51 heavy (non-hydrogen) atoms. The lowest BCUT2D eigenvalue weighted by molar-refractivity contribution is -0.106. The van der Waals surface area contributed by atoms with E-state index in [1.165, 1.54) is 12.1 Å². The zero-order valence-electron chi connectivity index (χ0n) is 29.7. The minimum absolute atomic E-state index is 0.0566. The molecule has 0 amide bonds. The summed E-state index contributed by atoms with van der Waals surface area (Å²) in [6, 6.07) is 4.75. The average Bonchev–Trinajstić information content (AvgIpc) is 3.13. The zero-order chi connectivity index (χ0) is 37.9. The van der Waals surface area contributed by atoms with Crippen LogP contribution in [0.25, 0.3) is 11.1 Å². The number of rotatable bonds is 15. The molecule has 0 spiro atoms. The van der Waals surface area contributed by atoms with Crippen LogP contribution in [0.1, 0.15) is 81.3 Å². The maximum absolute atomic E-state index is 15.3. The van der Waals surface area contributed by atoms with Gasteiger partial charge in [-0.1, -0.05) is 13.2 Å². The van der Waals surface area contributed by atoms with Crippen molar-refractivity contribution in [2.24, 2.45) is 23.7 Å². The third-order valence-electron chi connectivity index (χ3n) is 10.1. The molecule has 0 radical (unpaired) electrons. The summed E-state index contributed by atoms with van der Waals surface area (Å²) in [6.07, 6.45) is 12.1. The van der Waals surface area contributed by atoms with Gasteiger partial charge in [0.2, 0.25) is 0 Å². The van der Waals surface area contributed by atoms with Crippen LogP contribution >= 0.6 is 9.24 Å². The molecule has 0 aromatic heterocycles. The second-order valence-electron chi connectivity index (χ2n) is 13.6. The van der Waals surface area contributed by atoms with Gasteiger partial charge in [-0.05, 0) is 136 Å². The number of hydrogen-bond donors (Lipinski definition) is 3. The first-order valence-electron chi connectivity index (χ1n) is 17.7. The first-order chi connectivity index (χ1) is 24.5. The Labute approximate surface area is 302 Å². The first kappa shape index (κ1) is 44.4. The van der Waals surface area contributed by atoms with E-state index < -0.39 is 23.3 Å². The maximum Gasteiger partial charge on any atom is 0.147 e. The number of aliphatic hydroxyl groups is 3. The molecule has 6 nitrogen and oxygen atoms in total. The first-order valence-corrected chi connectivity index (χ1v) is 18.5. The van der Waals surface area contributed by atoms with Crippen molar-refractivity contribution in [1.29, 1.82) is 0 Å². The standard InChI is InChI=1S/C32H43F4O2P.2C4H6O2/c1-38-19-26(18-37)23-7-5-21(6-8-23)22-9-11-24(12-10-22)31-29(35)16-25(17-30(31)36)32-27(33)14-20(15-28(32)34)4-2-3-13-39;2*1-4(2-5)3-6/h14-17,21-24,26,37H,2-13,18-19,39H2,1H3;2*2,6H,1,3H2. The van der Waals surface area contributed by atoms with E-state index in [0.29, 0.717) is 61.8 Å². The Bertz CT molecular complexity index is 1340. The van der Waals surface area contributed by atoms with Gasteiger partial charge in [0.15, 0.2) is 0 Å². The molecule has 2 aliphatic carbocycles. The van der Waals surface area contributed by atoms with Crippen molar-refractivity contribution in [2.75, 3.05) is 39.7 Å². The number of halogens is 4. The number of carbonyl (C=O) groups is 2. The third kappa shape index (κ3) is 14.0. The maximum atomic E-state index is 15.3. The van der Waals surface area contributed by atoms with Crippen LogP contribution in [-0.2, 0) is 20.7 Å². The normalized spacial score (nSPS) is 20.6. The van der Waals surface area contributed by atoms with Gasteiger partial charge in [-0.15, -0.1) is 9.24 Å². The minimum atomic E-state index is -0.787. The lowest BCUT2D eigenvalue weighted by Gasteiger charge is -2.39. The molecular weight excluding hydrogens is 683 g/mol. The van der Waals surface area contributed by atoms with Crippen LogP contribution in [0.2, 0.25) is 0 Å². The van der Waals surface area contributed by atoms with Crippen molar-refractivity contribution in [3.63, 3.8) is 0 Å². The van der Waals surface area contributed by atoms with Crippen molar-refractivity contribution in [3.05, 3.63) is 83.0 Å². The highest BCUT2D eigenvalue weighted by atomic mass is 31.0. The van der Waals surface area contributed by atoms with Gasteiger partial charge in [0.1, 0.15) is 35.8 Å². The Kier molecular flexibility index (Phi) is 20.7. The number of methoxy groups -OCH3 is 1. The fourth-order valence-electron chi connectivity index (χ4n) is 7.23. The van der Waals surface area contributed by atoms with Crippen molar-refractivity contribution in [3.8, 4) is 11.1 Å². The van der Waals surface area contributed by atoms with Crippen LogP contribution in [0.5, 0.6) is 0 Å². The predicted molar refractivity (Wildman–Crippen MR) is 196 cm³/mol. The molecule has 2 saturated carbocycles. The summed E-state index contributed by atoms with van der Waals surface area (Å²) in [5.74, 6) is -1.36. The van der Waals surface area contributed by atoms with Gasteiger partial charge in [0.05, 0.1) is 25.4 Å². The van der Waals surface area contributed by atoms with Crippen molar-refractivity contribution in [2.45, 2.75) is 76.5 Å². The Hall–Kier alpha value is -2.75. The van der Waals surface area contributed by atoms with Gasteiger partial charge in [0.25, 0.3) is 0 Å². The Morgan fingerprint density at radius 2 is 1.29 bits per heavy atom. The smallest absolute Gasteiger partial charge is 0.147 e. The molecule has 2 fully saturated rings. The van der Waals surface area contributed by atoms with Crippen molar-refractivity contribution in [1.82, 2.24) is 0 Å². The molecule has 0 bridgehead atoms. The van der Waals surface area contributed by atoms with Gasteiger partial charge in [0, 0.05) is 36.3 Å². The lowest BCUT2D eigenvalue weighted by Crippen LogP contribution is -2.31. The number of unbranched alkanes of at least 4 members (excludes halogenated alkanes) is 1. The van der Waals surface area contributed by atoms with Gasteiger partial charge >= 0.3 is 0 Å². The number of aryl methyl sites for hydroxylation is 1. The average molecular weight is 739 g/mol. The van der Waals surface area contributed by atoms with Crippen LogP contribution in [0.4, 0.5) is 17.6 Å². The molecule has 11 heteroatoms. The number of benzene rings is 2. The predicted octanol–water partition coefficient (Wildman–Crippen LogP) is 7.91. The molecule has 2 aliphatic rings. The molecule has 3 N–H and O–H groups in total. The van der Waals surface area contributed by atoms with Gasteiger partial charge < -0.3 is 20.1 Å². The molecule has 0 saturated heterocycles. The monoisotopic (exact) mass is 738 g/mol. The summed E-state index contributed by atoms with van der Waals surface area (Å²) in [5.41, 5.74) is 0.576. The SMILES string of the molecule is C=C(C=O)CO.C=C(C=O)CO.COCC(CO)C1CCC(C2CCC(c3c(F)cc(-c4c(F)cc(CCCCP)cc4F)cc3F)CC2)CC1. The highest BCUT2D eigenvalue weighted by molar-refractivity contribution is 7.16. The van der Waals surface area contributed by atoms with Crippen LogP contribution in [-0.4, -0.2) is 67.6 Å². The Morgan fingerprint density at radius 1 is 0.804 bits per heavy atom. The molecule has 2 atom stereocenters. The molecule has 0 heterocycles. The lowest BCUT2D eigenvalue weighted by atomic mass is 9.67. The van der Waals surface area contributed by atoms with E-state index >= 15 is 8.78 Å².